The average molecular weight is 407 g/mol. The summed E-state index contributed by atoms with van der Waals surface area (Å²) in [6.45, 7) is 1.88. The van der Waals surface area contributed by atoms with Crippen molar-refractivity contribution in [3.63, 3.8) is 0 Å². The van der Waals surface area contributed by atoms with Gasteiger partial charge in [-0.3, -0.25) is 9.59 Å². The molecule has 3 aromatic rings. The topological polar surface area (TPSA) is 72.5 Å². The van der Waals surface area contributed by atoms with Gasteiger partial charge in [-0.15, -0.1) is 11.6 Å². The van der Waals surface area contributed by atoms with E-state index in [1.165, 1.54) is 0 Å². The molecule has 0 bridgehead atoms. The molecular weight excluding hydrogens is 388 g/mol. The van der Waals surface area contributed by atoms with Crippen LogP contribution in [0.25, 0.3) is 0 Å². The van der Waals surface area contributed by atoms with Gasteiger partial charge in [-0.05, 0) is 43.9 Å². The molecule has 0 saturated carbocycles. The number of Topliss-reactive ketones (excluding diaryl/α,β-unsaturated/α-hetero) is 2. The lowest BCUT2D eigenvalue weighted by Crippen LogP contribution is -2.37. The second kappa shape index (κ2) is 8.13. The molecule has 0 amide bonds. The number of carbonyl (C=O) groups excluding carboxylic acids is 2. The Kier molecular flexibility index (Phi) is 5.41. The number of aryl methyl sites for hydroxylation is 3. The van der Waals surface area contributed by atoms with Crippen molar-refractivity contribution < 1.29 is 14.1 Å². The zero-order chi connectivity index (χ0) is 20.4. The molecule has 2 aromatic carbocycles. The SMILES string of the molecule is Cc1cc(CCCc2ccc(N=C3C(=O)c4ccccc4C(=O)C3Cl)cc2)no1. The van der Waals surface area contributed by atoms with Gasteiger partial charge < -0.3 is 4.52 Å². The first kappa shape index (κ1) is 19.3. The van der Waals surface area contributed by atoms with Crippen LogP contribution >= 0.6 is 11.6 Å². The zero-order valence-corrected chi connectivity index (χ0v) is 16.6. The Morgan fingerprint density at radius 2 is 1.76 bits per heavy atom. The minimum atomic E-state index is -1.07. The minimum absolute atomic E-state index is 0.0736. The Morgan fingerprint density at radius 1 is 1.03 bits per heavy atom. The van der Waals surface area contributed by atoms with Crippen LogP contribution < -0.4 is 0 Å². The third-order valence-corrected chi connectivity index (χ3v) is 5.31. The normalized spacial score (nSPS) is 17.6. The first-order valence-corrected chi connectivity index (χ1v) is 9.88. The summed E-state index contributed by atoms with van der Waals surface area (Å²) >= 11 is 6.25. The highest BCUT2D eigenvalue weighted by Gasteiger charge is 2.37. The number of aliphatic imine (C=N–C) groups is 1. The van der Waals surface area contributed by atoms with Crippen LogP contribution in [-0.4, -0.2) is 27.8 Å². The third-order valence-electron chi connectivity index (χ3n) is 4.90. The van der Waals surface area contributed by atoms with E-state index in [4.69, 9.17) is 16.1 Å². The molecule has 1 aliphatic carbocycles. The van der Waals surface area contributed by atoms with Crippen LogP contribution in [0, 0.1) is 6.92 Å². The predicted octanol–water partition coefficient (Wildman–Crippen LogP) is 4.92. The first-order chi connectivity index (χ1) is 14.0. The molecule has 1 unspecified atom stereocenters. The van der Waals surface area contributed by atoms with Crippen LogP contribution in [0.4, 0.5) is 5.69 Å². The van der Waals surface area contributed by atoms with Crippen LogP contribution in [0.2, 0.25) is 0 Å². The summed E-state index contributed by atoms with van der Waals surface area (Å²) < 4.78 is 5.08. The van der Waals surface area contributed by atoms with Crippen LogP contribution in [0.5, 0.6) is 0 Å². The van der Waals surface area contributed by atoms with Crippen molar-refractivity contribution in [3.05, 3.63) is 82.7 Å². The van der Waals surface area contributed by atoms with E-state index in [-0.39, 0.29) is 17.3 Å². The van der Waals surface area contributed by atoms with E-state index < -0.39 is 5.38 Å². The summed E-state index contributed by atoms with van der Waals surface area (Å²) in [6.07, 6.45) is 2.70. The second-order valence-electron chi connectivity index (χ2n) is 7.05. The molecular formula is C23H19ClN2O3. The molecule has 1 aliphatic rings. The lowest BCUT2D eigenvalue weighted by Gasteiger charge is -2.19. The highest BCUT2D eigenvalue weighted by atomic mass is 35.5. The zero-order valence-electron chi connectivity index (χ0n) is 15.9. The van der Waals surface area contributed by atoms with E-state index in [1.54, 1.807) is 24.3 Å². The van der Waals surface area contributed by atoms with Gasteiger partial charge in [-0.2, -0.15) is 0 Å². The van der Waals surface area contributed by atoms with Gasteiger partial charge >= 0.3 is 0 Å². The Hall–Kier alpha value is -3.05. The molecule has 0 fully saturated rings. The number of halogens is 1. The maximum absolute atomic E-state index is 12.7. The van der Waals surface area contributed by atoms with Crippen LogP contribution in [-0.2, 0) is 12.8 Å². The first-order valence-electron chi connectivity index (χ1n) is 9.44. The minimum Gasteiger partial charge on any atom is -0.361 e. The summed E-state index contributed by atoms with van der Waals surface area (Å²) in [5, 5.41) is 2.93. The maximum Gasteiger partial charge on any atom is 0.209 e. The lowest BCUT2D eigenvalue weighted by molar-refractivity contribution is 0.0968. The summed E-state index contributed by atoms with van der Waals surface area (Å²) in [7, 11) is 0. The van der Waals surface area contributed by atoms with Gasteiger partial charge in [0.2, 0.25) is 5.78 Å². The molecule has 146 valence electrons. The van der Waals surface area contributed by atoms with Gasteiger partial charge in [0.05, 0.1) is 11.4 Å². The van der Waals surface area contributed by atoms with Gasteiger partial charge in [0.25, 0.3) is 0 Å². The van der Waals surface area contributed by atoms with Crippen LogP contribution in [0.3, 0.4) is 0 Å². The molecule has 0 aliphatic heterocycles. The van der Waals surface area contributed by atoms with Gasteiger partial charge in [0.1, 0.15) is 16.8 Å². The van der Waals surface area contributed by atoms with Gasteiger partial charge in [0.15, 0.2) is 5.78 Å². The molecule has 1 aromatic heterocycles. The number of carbonyl (C=O) groups is 2. The molecule has 0 N–H and O–H groups in total. The summed E-state index contributed by atoms with van der Waals surface area (Å²) in [5.74, 6) is 0.229. The fraction of sp³-hybridized carbons (Fsp3) is 0.217. The number of hydrogen-bond acceptors (Lipinski definition) is 5. The Balaban J connectivity index is 1.47. The van der Waals surface area contributed by atoms with Gasteiger partial charge in [-0.1, -0.05) is 41.6 Å². The molecule has 0 saturated heterocycles. The molecule has 1 heterocycles. The van der Waals surface area contributed by atoms with E-state index in [9.17, 15) is 9.59 Å². The van der Waals surface area contributed by atoms with E-state index in [0.717, 1.165) is 36.3 Å². The monoisotopic (exact) mass is 406 g/mol. The highest BCUT2D eigenvalue weighted by molar-refractivity contribution is 6.65. The summed E-state index contributed by atoms with van der Waals surface area (Å²) in [5.41, 5.74) is 3.50. The molecule has 29 heavy (non-hydrogen) atoms. The van der Waals surface area contributed by atoms with Crippen molar-refractivity contribution in [2.45, 2.75) is 31.6 Å². The third kappa shape index (κ3) is 4.05. The highest BCUT2D eigenvalue weighted by Crippen LogP contribution is 2.26. The van der Waals surface area contributed by atoms with E-state index in [2.05, 4.69) is 10.1 Å². The summed E-state index contributed by atoms with van der Waals surface area (Å²) in [6, 6.07) is 16.3. The molecule has 5 nitrogen and oxygen atoms in total. The summed E-state index contributed by atoms with van der Waals surface area (Å²) in [4.78, 5) is 29.6. The lowest BCUT2D eigenvalue weighted by atomic mass is 9.88. The van der Waals surface area contributed by atoms with Crippen LogP contribution in [0.1, 0.15) is 44.2 Å². The number of fused-ring (bicyclic) bond motifs is 1. The fourth-order valence-corrected chi connectivity index (χ4v) is 3.67. The fourth-order valence-electron chi connectivity index (χ4n) is 3.40. The number of ketones is 2. The van der Waals surface area contributed by atoms with E-state index in [0.29, 0.717) is 16.8 Å². The number of alkyl halides is 1. The maximum atomic E-state index is 12.7. The Morgan fingerprint density at radius 3 is 2.45 bits per heavy atom. The van der Waals surface area contributed by atoms with Crippen molar-refractivity contribution in [1.82, 2.24) is 5.16 Å². The number of benzene rings is 2. The predicted molar refractivity (Wildman–Crippen MR) is 112 cm³/mol. The van der Waals surface area contributed by atoms with Gasteiger partial charge in [0, 0.05) is 17.2 Å². The average Bonchev–Trinajstić information content (AvgIpc) is 3.15. The van der Waals surface area contributed by atoms with Crippen molar-refractivity contribution in [2.24, 2.45) is 4.99 Å². The molecule has 0 spiro atoms. The quantitative estimate of drug-likeness (QED) is 0.564. The van der Waals surface area contributed by atoms with E-state index in [1.807, 2.05) is 37.3 Å². The number of rotatable bonds is 5. The molecule has 1 atom stereocenters. The van der Waals surface area contributed by atoms with Crippen molar-refractivity contribution in [1.29, 1.82) is 0 Å². The number of hydrogen-bond donors (Lipinski definition) is 0. The van der Waals surface area contributed by atoms with Crippen molar-refractivity contribution in [3.8, 4) is 0 Å². The number of nitrogens with zero attached hydrogens (tertiary/aromatic N) is 2. The molecule has 4 rings (SSSR count). The number of aromatic nitrogens is 1. The Bertz CT molecular complexity index is 1100. The van der Waals surface area contributed by atoms with Crippen molar-refractivity contribution in [2.75, 3.05) is 0 Å². The standard InChI is InChI=1S/C23H19ClN2O3/c1-14-13-17(26-29-14)6-4-5-15-9-11-16(12-10-15)25-21-20(24)22(27)18-7-2-3-8-19(18)23(21)28/h2-3,7-13,20H,4-6H2,1H3. The van der Waals surface area contributed by atoms with Gasteiger partial charge in [-0.25, -0.2) is 4.99 Å². The Labute approximate surface area is 173 Å². The largest absolute Gasteiger partial charge is 0.361 e. The molecule has 6 heteroatoms. The smallest absolute Gasteiger partial charge is 0.209 e. The van der Waals surface area contributed by atoms with Crippen LogP contribution in [0.15, 0.2) is 64.1 Å². The van der Waals surface area contributed by atoms with Crippen molar-refractivity contribution >= 4 is 34.6 Å². The molecule has 0 radical (unpaired) electrons. The van der Waals surface area contributed by atoms with E-state index >= 15 is 0 Å². The second-order valence-corrected chi connectivity index (χ2v) is 7.48.